The van der Waals surface area contributed by atoms with E-state index in [1.807, 2.05) is 0 Å². The van der Waals surface area contributed by atoms with Gasteiger partial charge in [0.2, 0.25) is 0 Å². The molecule has 0 amide bonds. The number of rotatable bonds is 6. The molecule has 0 bridgehead atoms. The van der Waals surface area contributed by atoms with Gasteiger partial charge in [-0.25, -0.2) is 4.98 Å². The highest BCUT2D eigenvalue weighted by molar-refractivity contribution is 5.97. The number of benzene rings is 2. The van der Waals surface area contributed by atoms with Gasteiger partial charge in [0, 0.05) is 35.3 Å². The lowest BCUT2D eigenvalue weighted by atomic mass is 9.86. The molecule has 2 heterocycles. The molecule has 1 fully saturated rings. The lowest BCUT2D eigenvalue weighted by molar-refractivity contribution is 0.237. The summed E-state index contributed by atoms with van der Waals surface area (Å²) < 4.78 is 11.1. The van der Waals surface area contributed by atoms with Crippen molar-refractivity contribution in [2.75, 3.05) is 45.7 Å². The van der Waals surface area contributed by atoms with E-state index in [9.17, 15) is 0 Å². The van der Waals surface area contributed by atoms with E-state index in [2.05, 4.69) is 46.6 Å². The lowest BCUT2D eigenvalue weighted by Crippen LogP contribution is -2.33. The van der Waals surface area contributed by atoms with Gasteiger partial charge in [-0.15, -0.1) is 0 Å². The van der Waals surface area contributed by atoms with Crippen LogP contribution in [0.15, 0.2) is 36.4 Å². The fourth-order valence-electron chi connectivity index (χ4n) is 5.05. The van der Waals surface area contributed by atoms with Crippen LogP contribution in [0.3, 0.4) is 0 Å². The summed E-state index contributed by atoms with van der Waals surface area (Å²) in [6.07, 6.45) is 5.98. The van der Waals surface area contributed by atoms with E-state index < -0.39 is 0 Å². The number of aryl methyl sites for hydroxylation is 1. The highest BCUT2D eigenvalue weighted by Crippen LogP contribution is 2.43. The van der Waals surface area contributed by atoms with Crippen molar-refractivity contribution >= 4 is 16.6 Å². The molecule has 0 radical (unpaired) electrons. The Bertz CT molecular complexity index is 1090. The number of pyridine rings is 1. The van der Waals surface area contributed by atoms with Crippen molar-refractivity contribution in [3.63, 3.8) is 0 Å². The topological polar surface area (TPSA) is 46.6 Å². The molecule has 3 aromatic rings. The van der Waals surface area contributed by atoms with Crippen molar-refractivity contribution in [3.8, 4) is 22.8 Å². The summed E-state index contributed by atoms with van der Waals surface area (Å²) in [7, 11) is 3.38. The molecule has 0 spiro atoms. The Morgan fingerprint density at radius 3 is 2.55 bits per heavy atom. The predicted octanol–water partition coefficient (Wildman–Crippen LogP) is 4.92. The van der Waals surface area contributed by atoms with E-state index in [1.165, 1.54) is 54.6 Å². The van der Waals surface area contributed by atoms with Crippen molar-refractivity contribution < 1.29 is 9.47 Å². The van der Waals surface area contributed by atoms with Crippen LogP contribution < -0.4 is 14.8 Å². The molecule has 1 aromatic heterocycles. The van der Waals surface area contributed by atoms with Gasteiger partial charge in [0.15, 0.2) is 11.5 Å². The quantitative estimate of drug-likeness (QED) is 0.617. The number of para-hydroxylation sites is 1. The van der Waals surface area contributed by atoms with Crippen molar-refractivity contribution in [3.05, 3.63) is 47.5 Å². The van der Waals surface area contributed by atoms with E-state index >= 15 is 0 Å². The van der Waals surface area contributed by atoms with Crippen LogP contribution in [-0.4, -0.2) is 50.3 Å². The first-order chi connectivity index (χ1) is 15.3. The van der Waals surface area contributed by atoms with Gasteiger partial charge >= 0.3 is 0 Å². The van der Waals surface area contributed by atoms with Crippen LogP contribution in [0.25, 0.3) is 22.2 Å². The number of piperidine rings is 1. The van der Waals surface area contributed by atoms with E-state index in [0.29, 0.717) is 0 Å². The third-order valence-corrected chi connectivity index (χ3v) is 6.68. The molecule has 1 aliphatic carbocycles. The Kier molecular flexibility index (Phi) is 5.68. The molecule has 1 aliphatic heterocycles. The summed E-state index contributed by atoms with van der Waals surface area (Å²) in [5, 5.41) is 5.02. The minimum absolute atomic E-state index is 0.753. The van der Waals surface area contributed by atoms with Crippen molar-refractivity contribution in [1.82, 2.24) is 9.88 Å². The maximum absolute atomic E-state index is 5.59. The fraction of sp³-hybridized carbons (Fsp3) is 0.423. The average Bonchev–Trinajstić information content (AvgIpc) is 2.83. The second-order valence-electron chi connectivity index (χ2n) is 8.52. The zero-order valence-electron chi connectivity index (χ0n) is 18.5. The first kappa shape index (κ1) is 20.1. The van der Waals surface area contributed by atoms with Crippen LogP contribution in [0.4, 0.5) is 5.69 Å². The Balaban J connectivity index is 1.54. The van der Waals surface area contributed by atoms with Gasteiger partial charge in [-0.1, -0.05) is 24.6 Å². The van der Waals surface area contributed by atoms with Crippen LogP contribution in [0.1, 0.15) is 30.4 Å². The molecular weight excluding hydrogens is 386 g/mol. The first-order valence-corrected chi connectivity index (χ1v) is 11.4. The first-order valence-electron chi connectivity index (χ1n) is 11.4. The second-order valence-corrected chi connectivity index (χ2v) is 8.52. The maximum atomic E-state index is 5.59. The molecule has 2 aromatic carbocycles. The second kappa shape index (κ2) is 8.75. The number of likely N-dealkylation sites (tertiary alicyclic amines) is 1. The Labute approximate surface area is 184 Å². The number of nitrogens with zero attached hydrogens (tertiary/aromatic N) is 2. The largest absolute Gasteiger partial charge is 0.493 e. The van der Waals surface area contributed by atoms with Crippen LogP contribution in [0.5, 0.6) is 11.5 Å². The predicted molar refractivity (Wildman–Crippen MR) is 126 cm³/mol. The van der Waals surface area contributed by atoms with Crippen LogP contribution in [0, 0.1) is 0 Å². The molecule has 0 saturated carbocycles. The van der Waals surface area contributed by atoms with Crippen molar-refractivity contribution in [1.29, 1.82) is 0 Å². The third-order valence-electron chi connectivity index (χ3n) is 6.68. The van der Waals surface area contributed by atoms with Crippen molar-refractivity contribution in [2.45, 2.75) is 32.1 Å². The maximum Gasteiger partial charge on any atom is 0.161 e. The number of methoxy groups -OCH3 is 2. The molecule has 0 atom stereocenters. The summed E-state index contributed by atoms with van der Waals surface area (Å²) in [6, 6.07) is 12.7. The number of ether oxygens (including phenoxy) is 2. The minimum atomic E-state index is 0.753. The average molecular weight is 418 g/mol. The van der Waals surface area contributed by atoms with Gasteiger partial charge < -0.3 is 19.7 Å². The van der Waals surface area contributed by atoms with E-state index in [-0.39, 0.29) is 0 Å². The molecular formula is C26H31N3O2. The molecule has 5 heteroatoms. The summed E-state index contributed by atoms with van der Waals surface area (Å²) in [4.78, 5) is 7.68. The molecule has 1 N–H and O–H groups in total. The highest BCUT2D eigenvalue weighted by atomic mass is 16.5. The monoisotopic (exact) mass is 417 g/mol. The molecule has 162 valence electrons. The SMILES string of the molecule is COc1cc2c(cc1OC)-c1nc3ccccc3c(NCCN3CCCCC3)c1CC2. The van der Waals surface area contributed by atoms with Crippen LogP contribution in [0.2, 0.25) is 0 Å². The highest BCUT2D eigenvalue weighted by Gasteiger charge is 2.24. The number of aromatic nitrogens is 1. The van der Waals surface area contributed by atoms with E-state index in [4.69, 9.17) is 14.5 Å². The molecule has 31 heavy (non-hydrogen) atoms. The lowest BCUT2D eigenvalue weighted by Gasteiger charge is -2.28. The number of hydrogen-bond acceptors (Lipinski definition) is 5. The molecule has 5 rings (SSSR count). The van der Waals surface area contributed by atoms with Gasteiger partial charge in [-0.3, -0.25) is 0 Å². The standard InChI is InChI=1S/C26H31N3O2/c1-30-23-16-18-10-11-20-25(27-12-15-29-13-6-3-7-14-29)19-8-4-5-9-22(19)28-26(20)21(18)17-24(23)31-2/h4-5,8-9,16-17H,3,6-7,10-15H2,1-2H3,(H,27,28). The third kappa shape index (κ3) is 3.83. The molecule has 0 unspecified atom stereocenters. The fourth-order valence-corrected chi connectivity index (χ4v) is 5.05. The zero-order valence-corrected chi connectivity index (χ0v) is 18.5. The zero-order chi connectivity index (χ0) is 21.2. The minimum Gasteiger partial charge on any atom is -0.493 e. The summed E-state index contributed by atoms with van der Waals surface area (Å²) in [5.74, 6) is 1.54. The summed E-state index contributed by atoms with van der Waals surface area (Å²) in [6.45, 7) is 4.50. The number of nitrogens with one attached hydrogen (secondary N) is 1. The van der Waals surface area contributed by atoms with Crippen LogP contribution >= 0.6 is 0 Å². The van der Waals surface area contributed by atoms with Gasteiger partial charge in [-0.05, 0) is 62.5 Å². The van der Waals surface area contributed by atoms with Gasteiger partial charge in [0.05, 0.1) is 25.4 Å². The summed E-state index contributed by atoms with van der Waals surface area (Å²) >= 11 is 0. The van der Waals surface area contributed by atoms with Gasteiger partial charge in [-0.2, -0.15) is 0 Å². The Morgan fingerprint density at radius 1 is 0.968 bits per heavy atom. The smallest absolute Gasteiger partial charge is 0.161 e. The molecule has 1 saturated heterocycles. The number of anilines is 1. The van der Waals surface area contributed by atoms with E-state index in [0.717, 1.165) is 54.2 Å². The number of hydrogen-bond donors (Lipinski definition) is 1. The van der Waals surface area contributed by atoms with Crippen LogP contribution in [-0.2, 0) is 12.8 Å². The normalized spacial score (nSPS) is 15.9. The van der Waals surface area contributed by atoms with Crippen molar-refractivity contribution in [2.24, 2.45) is 0 Å². The summed E-state index contributed by atoms with van der Waals surface area (Å²) in [5.41, 5.74) is 7.09. The Morgan fingerprint density at radius 2 is 1.74 bits per heavy atom. The molecule has 2 aliphatic rings. The van der Waals surface area contributed by atoms with Gasteiger partial charge in [0.25, 0.3) is 0 Å². The molecule has 5 nitrogen and oxygen atoms in total. The van der Waals surface area contributed by atoms with E-state index in [1.54, 1.807) is 14.2 Å². The number of fused-ring (bicyclic) bond motifs is 4. The Hall–Kier alpha value is -2.79. The van der Waals surface area contributed by atoms with Gasteiger partial charge in [0.1, 0.15) is 0 Å².